The van der Waals surface area contributed by atoms with Crippen molar-refractivity contribution in [2.45, 2.75) is 32.2 Å². The number of hydrogen-bond donors (Lipinski definition) is 2. The number of hydrogen-bond acceptors (Lipinski definition) is 3. The van der Waals surface area contributed by atoms with Crippen LogP contribution in [0.3, 0.4) is 0 Å². The van der Waals surface area contributed by atoms with Crippen LogP contribution in [0.2, 0.25) is 0 Å². The van der Waals surface area contributed by atoms with E-state index in [0.29, 0.717) is 12.8 Å². The van der Waals surface area contributed by atoms with Gasteiger partial charge in [-0.3, -0.25) is 9.59 Å². The predicted molar refractivity (Wildman–Crippen MR) is 110 cm³/mol. The normalized spacial score (nSPS) is 11.7. The molecule has 0 aromatic heterocycles. The summed E-state index contributed by atoms with van der Waals surface area (Å²) in [6, 6.07) is 18.0. The summed E-state index contributed by atoms with van der Waals surface area (Å²) in [4.78, 5) is 25.6. The number of carbonyl (C=O) groups is 2. The Morgan fingerprint density at radius 1 is 1.04 bits per heavy atom. The Balaban J connectivity index is 1.86. The van der Waals surface area contributed by atoms with Crippen LogP contribution in [0.15, 0.2) is 54.6 Å². The molecule has 0 bridgehead atoms. The molecular formula is C22H29N3O2. The first kappa shape index (κ1) is 20.6. The van der Waals surface area contributed by atoms with Crippen molar-refractivity contribution >= 4 is 17.5 Å². The van der Waals surface area contributed by atoms with E-state index >= 15 is 0 Å². The molecule has 0 aliphatic heterocycles. The summed E-state index contributed by atoms with van der Waals surface area (Å²) < 4.78 is 0. The van der Waals surface area contributed by atoms with E-state index in [-0.39, 0.29) is 24.4 Å². The Kier molecular flexibility index (Phi) is 8.01. The van der Waals surface area contributed by atoms with Gasteiger partial charge in [0.25, 0.3) is 0 Å². The zero-order valence-electron chi connectivity index (χ0n) is 16.4. The van der Waals surface area contributed by atoms with Gasteiger partial charge >= 0.3 is 0 Å². The maximum absolute atomic E-state index is 12.3. The van der Waals surface area contributed by atoms with Gasteiger partial charge in [0.05, 0.1) is 6.54 Å². The Morgan fingerprint density at radius 3 is 2.44 bits per heavy atom. The summed E-state index contributed by atoms with van der Waals surface area (Å²) in [5.74, 6) is 0.0195. The predicted octanol–water partition coefficient (Wildman–Crippen LogP) is 3.39. The fourth-order valence-corrected chi connectivity index (χ4v) is 2.88. The van der Waals surface area contributed by atoms with E-state index < -0.39 is 0 Å². The molecule has 1 atom stereocenters. The fraction of sp³-hybridized carbons (Fsp3) is 0.364. The van der Waals surface area contributed by atoms with E-state index in [9.17, 15) is 9.59 Å². The molecule has 2 amide bonds. The summed E-state index contributed by atoms with van der Waals surface area (Å²) in [6.07, 6.45) is 2.03. The molecule has 2 aromatic carbocycles. The Labute approximate surface area is 161 Å². The Bertz CT molecular complexity index is 744. The molecule has 0 saturated carbocycles. The smallest absolute Gasteiger partial charge is 0.238 e. The highest BCUT2D eigenvalue weighted by molar-refractivity contribution is 5.92. The summed E-state index contributed by atoms with van der Waals surface area (Å²) in [5, 5.41) is 6.24. The van der Waals surface area contributed by atoms with E-state index in [2.05, 4.69) is 29.7 Å². The van der Waals surface area contributed by atoms with Gasteiger partial charge in [0, 0.05) is 32.2 Å². The SMILES string of the molecule is CCC(NCC(=O)Nc1cccc(CCC(=O)N(C)C)c1)c1ccccc1. The quantitative estimate of drug-likeness (QED) is 0.714. The summed E-state index contributed by atoms with van der Waals surface area (Å²) >= 11 is 0. The van der Waals surface area contributed by atoms with Crippen molar-refractivity contribution in [3.8, 4) is 0 Å². The third-order valence-electron chi connectivity index (χ3n) is 4.46. The van der Waals surface area contributed by atoms with Crippen LogP contribution < -0.4 is 10.6 Å². The Morgan fingerprint density at radius 2 is 1.78 bits per heavy atom. The zero-order chi connectivity index (χ0) is 19.6. The van der Waals surface area contributed by atoms with E-state index in [1.54, 1.807) is 19.0 Å². The second-order valence-corrected chi connectivity index (χ2v) is 6.79. The van der Waals surface area contributed by atoms with Crippen molar-refractivity contribution in [2.24, 2.45) is 0 Å². The molecule has 2 aromatic rings. The van der Waals surface area contributed by atoms with E-state index in [4.69, 9.17) is 0 Å². The number of benzene rings is 2. The van der Waals surface area contributed by atoms with Gasteiger partial charge in [-0.15, -0.1) is 0 Å². The minimum atomic E-state index is -0.0779. The standard InChI is InChI=1S/C22H29N3O2/c1-4-20(18-10-6-5-7-11-18)23-16-21(26)24-19-12-8-9-17(15-19)13-14-22(27)25(2)3/h5-12,15,20,23H,4,13-14,16H2,1-3H3,(H,24,26). The van der Waals surface area contributed by atoms with Crippen molar-refractivity contribution in [2.75, 3.05) is 26.0 Å². The fourth-order valence-electron chi connectivity index (χ4n) is 2.88. The van der Waals surface area contributed by atoms with Crippen LogP contribution in [0.25, 0.3) is 0 Å². The lowest BCUT2D eigenvalue weighted by atomic mass is 10.0. The second-order valence-electron chi connectivity index (χ2n) is 6.79. The van der Waals surface area contributed by atoms with Crippen LogP contribution in [0.1, 0.15) is 36.9 Å². The molecule has 2 rings (SSSR count). The van der Waals surface area contributed by atoms with Crippen molar-refractivity contribution in [1.82, 2.24) is 10.2 Å². The van der Waals surface area contributed by atoms with Crippen LogP contribution in [0.5, 0.6) is 0 Å². The largest absolute Gasteiger partial charge is 0.349 e. The molecular weight excluding hydrogens is 338 g/mol. The third-order valence-corrected chi connectivity index (χ3v) is 4.46. The number of amides is 2. The average molecular weight is 367 g/mol. The molecule has 0 aliphatic carbocycles. The second kappa shape index (κ2) is 10.5. The monoisotopic (exact) mass is 367 g/mol. The van der Waals surface area contributed by atoms with Crippen LogP contribution >= 0.6 is 0 Å². The molecule has 0 saturated heterocycles. The summed E-state index contributed by atoms with van der Waals surface area (Å²) in [7, 11) is 3.51. The van der Waals surface area contributed by atoms with Gasteiger partial charge in [-0.1, -0.05) is 49.4 Å². The molecule has 0 fully saturated rings. The van der Waals surface area contributed by atoms with Gasteiger partial charge in [-0.2, -0.15) is 0 Å². The topological polar surface area (TPSA) is 61.4 Å². The zero-order valence-corrected chi connectivity index (χ0v) is 16.4. The Hall–Kier alpha value is -2.66. The molecule has 144 valence electrons. The number of nitrogens with zero attached hydrogens (tertiary/aromatic N) is 1. The highest BCUT2D eigenvalue weighted by Crippen LogP contribution is 2.16. The number of aryl methyl sites for hydroxylation is 1. The highest BCUT2D eigenvalue weighted by atomic mass is 16.2. The van der Waals surface area contributed by atoms with Gasteiger partial charge in [0.15, 0.2) is 0 Å². The third kappa shape index (κ3) is 6.87. The molecule has 5 heteroatoms. The molecule has 1 unspecified atom stereocenters. The molecule has 0 radical (unpaired) electrons. The maximum atomic E-state index is 12.3. The minimum Gasteiger partial charge on any atom is -0.349 e. The van der Waals surface area contributed by atoms with Crippen LogP contribution in [0, 0.1) is 0 Å². The minimum absolute atomic E-state index is 0.0779. The van der Waals surface area contributed by atoms with Crippen molar-refractivity contribution in [1.29, 1.82) is 0 Å². The lowest BCUT2D eigenvalue weighted by Crippen LogP contribution is -2.31. The number of carbonyl (C=O) groups excluding carboxylic acids is 2. The number of anilines is 1. The molecule has 2 N–H and O–H groups in total. The van der Waals surface area contributed by atoms with Gasteiger partial charge in [-0.05, 0) is 36.1 Å². The molecule has 27 heavy (non-hydrogen) atoms. The van der Waals surface area contributed by atoms with Crippen molar-refractivity contribution < 1.29 is 9.59 Å². The lowest BCUT2D eigenvalue weighted by molar-refractivity contribution is -0.128. The summed E-state index contributed by atoms with van der Waals surface area (Å²) in [6.45, 7) is 2.35. The molecule has 0 aliphatic rings. The molecule has 0 spiro atoms. The van der Waals surface area contributed by atoms with Gasteiger partial charge in [-0.25, -0.2) is 0 Å². The molecule has 0 heterocycles. The van der Waals surface area contributed by atoms with Crippen LogP contribution in [-0.4, -0.2) is 37.4 Å². The van der Waals surface area contributed by atoms with Gasteiger partial charge < -0.3 is 15.5 Å². The first-order valence-electron chi connectivity index (χ1n) is 9.37. The van der Waals surface area contributed by atoms with Crippen LogP contribution in [0.4, 0.5) is 5.69 Å². The van der Waals surface area contributed by atoms with Crippen LogP contribution in [-0.2, 0) is 16.0 Å². The van der Waals surface area contributed by atoms with Gasteiger partial charge in [0.1, 0.15) is 0 Å². The first-order chi connectivity index (χ1) is 13.0. The lowest BCUT2D eigenvalue weighted by Gasteiger charge is -2.17. The average Bonchev–Trinajstić information content (AvgIpc) is 2.67. The maximum Gasteiger partial charge on any atom is 0.238 e. The number of rotatable bonds is 9. The van der Waals surface area contributed by atoms with Crippen molar-refractivity contribution in [3.05, 3.63) is 65.7 Å². The van der Waals surface area contributed by atoms with E-state index in [0.717, 1.165) is 17.7 Å². The number of nitrogens with one attached hydrogen (secondary N) is 2. The van der Waals surface area contributed by atoms with Crippen molar-refractivity contribution in [3.63, 3.8) is 0 Å². The summed E-state index contributed by atoms with van der Waals surface area (Å²) in [5.41, 5.74) is 2.97. The van der Waals surface area contributed by atoms with Gasteiger partial charge in [0.2, 0.25) is 11.8 Å². The molecule has 5 nitrogen and oxygen atoms in total. The first-order valence-corrected chi connectivity index (χ1v) is 9.37. The highest BCUT2D eigenvalue weighted by Gasteiger charge is 2.11. The van der Waals surface area contributed by atoms with E-state index in [1.165, 1.54) is 5.56 Å². The van der Waals surface area contributed by atoms with E-state index in [1.807, 2.05) is 42.5 Å².